The molecule has 0 radical (unpaired) electrons. The van der Waals surface area contributed by atoms with Crippen molar-refractivity contribution >= 4 is 29.9 Å². The lowest BCUT2D eigenvalue weighted by Crippen LogP contribution is -2.38. The summed E-state index contributed by atoms with van der Waals surface area (Å²) in [7, 11) is 3.27. The standard InChI is InChI=1S/C18H31N3O4.HI/c1-4-19-18(20-10-5-11-25-13-12-23-2)21-14-17(22)15-6-8-16(24-3)9-7-15;/h6-9,17,22H,4-5,10-14H2,1-3H3,(H2,19,20,21);1H. The van der Waals surface area contributed by atoms with Crippen LogP contribution < -0.4 is 15.4 Å². The molecule has 0 spiro atoms. The van der Waals surface area contributed by atoms with Crippen LogP contribution in [0.25, 0.3) is 0 Å². The molecule has 1 rings (SSSR count). The molecule has 0 aliphatic heterocycles. The molecule has 1 aromatic rings. The van der Waals surface area contributed by atoms with Gasteiger partial charge in [0.15, 0.2) is 5.96 Å². The molecule has 0 heterocycles. The van der Waals surface area contributed by atoms with E-state index in [-0.39, 0.29) is 30.5 Å². The Labute approximate surface area is 173 Å². The number of rotatable bonds is 12. The van der Waals surface area contributed by atoms with Gasteiger partial charge in [0.25, 0.3) is 0 Å². The lowest BCUT2D eigenvalue weighted by molar-refractivity contribution is 0.0698. The van der Waals surface area contributed by atoms with Crippen LogP contribution in [0.15, 0.2) is 29.3 Å². The fraction of sp³-hybridized carbons (Fsp3) is 0.611. The van der Waals surface area contributed by atoms with Gasteiger partial charge in [0.1, 0.15) is 5.75 Å². The van der Waals surface area contributed by atoms with Crippen LogP contribution >= 0.6 is 24.0 Å². The Morgan fingerprint density at radius 2 is 1.85 bits per heavy atom. The summed E-state index contributed by atoms with van der Waals surface area (Å²) >= 11 is 0. The maximum atomic E-state index is 10.3. The highest BCUT2D eigenvalue weighted by Gasteiger charge is 2.07. The van der Waals surface area contributed by atoms with Crippen LogP contribution in [0.2, 0.25) is 0 Å². The quantitative estimate of drug-likeness (QED) is 0.183. The highest BCUT2D eigenvalue weighted by Crippen LogP contribution is 2.17. The third kappa shape index (κ3) is 10.8. The lowest BCUT2D eigenvalue weighted by Gasteiger charge is -2.13. The molecule has 1 atom stereocenters. The van der Waals surface area contributed by atoms with Crippen molar-refractivity contribution in [2.24, 2.45) is 4.99 Å². The Balaban J connectivity index is 0.00000625. The monoisotopic (exact) mass is 481 g/mol. The number of aliphatic hydroxyl groups excluding tert-OH is 1. The molecule has 0 aliphatic rings. The zero-order valence-corrected chi connectivity index (χ0v) is 18.2. The highest BCUT2D eigenvalue weighted by atomic mass is 127. The molecule has 150 valence electrons. The van der Waals surface area contributed by atoms with Gasteiger partial charge in [-0.05, 0) is 31.0 Å². The van der Waals surface area contributed by atoms with Crippen molar-refractivity contribution in [3.05, 3.63) is 29.8 Å². The number of halogens is 1. The number of guanidine groups is 1. The number of hydrogen-bond acceptors (Lipinski definition) is 5. The number of nitrogens with zero attached hydrogens (tertiary/aromatic N) is 1. The molecule has 0 saturated heterocycles. The Kier molecular flexibility index (Phi) is 15.4. The van der Waals surface area contributed by atoms with Crippen molar-refractivity contribution in [3.8, 4) is 5.75 Å². The van der Waals surface area contributed by atoms with Crippen LogP contribution in [0.4, 0.5) is 0 Å². The number of hydrogen-bond donors (Lipinski definition) is 3. The molecule has 3 N–H and O–H groups in total. The van der Waals surface area contributed by atoms with E-state index < -0.39 is 6.10 Å². The minimum absolute atomic E-state index is 0. The molecule has 0 fully saturated rings. The topological polar surface area (TPSA) is 84.3 Å². The predicted octanol–water partition coefficient (Wildman–Crippen LogP) is 1.95. The molecule has 1 aromatic carbocycles. The lowest BCUT2D eigenvalue weighted by atomic mass is 10.1. The van der Waals surface area contributed by atoms with Gasteiger partial charge in [0.2, 0.25) is 0 Å². The summed E-state index contributed by atoms with van der Waals surface area (Å²) in [5, 5.41) is 16.7. The van der Waals surface area contributed by atoms with E-state index in [0.29, 0.717) is 25.8 Å². The molecule has 1 unspecified atom stereocenters. The van der Waals surface area contributed by atoms with Crippen LogP contribution in [0.5, 0.6) is 5.75 Å². The van der Waals surface area contributed by atoms with E-state index in [1.807, 2.05) is 31.2 Å². The van der Waals surface area contributed by atoms with E-state index in [9.17, 15) is 5.11 Å². The predicted molar refractivity (Wildman–Crippen MR) is 115 cm³/mol. The van der Waals surface area contributed by atoms with Crippen molar-refractivity contribution in [3.63, 3.8) is 0 Å². The molecular weight excluding hydrogens is 449 g/mol. The number of aliphatic hydroxyl groups is 1. The van der Waals surface area contributed by atoms with E-state index >= 15 is 0 Å². The van der Waals surface area contributed by atoms with E-state index in [0.717, 1.165) is 30.8 Å². The number of nitrogens with one attached hydrogen (secondary N) is 2. The van der Waals surface area contributed by atoms with E-state index in [2.05, 4.69) is 15.6 Å². The van der Waals surface area contributed by atoms with Gasteiger partial charge in [-0.25, -0.2) is 0 Å². The van der Waals surface area contributed by atoms with Gasteiger partial charge in [-0.1, -0.05) is 12.1 Å². The fourth-order valence-corrected chi connectivity index (χ4v) is 2.08. The summed E-state index contributed by atoms with van der Waals surface area (Å²) in [6.45, 7) is 5.69. The second-order valence-electron chi connectivity index (χ2n) is 5.39. The van der Waals surface area contributed by atoms with Gasteiger partial charge in [-0.3, -0.25) is 4.99 Å². The molecular formula is C18H32IN3O4. The van der Waals surface area contributed by atoms with Crippen molar-refractivity contribution in [1.29, 1.82) is 0 Å². The van der Waals surface area contributed by atoms with Gasteiger partial charge < -0.3 is 30.0 Å². The average molecular weight is 481 g/mol. The Morgan fingerprint density at radius 1 is 1.12 bits per heavy atom. The third-order valence-corrected chi connectivity index (χ3v) is 3.46. The average Bonchev–Trinajstić information content (AvgIpc) is 2.65. The maximum absolute atomic E-state index is 10.3. The van der Waals surface area contributed by atoms with Crippen molar-refractivity contribution in [2.45, 2.75) is 19.4 Å². The van der Waals surface area contributed by atoms with Crippen molar-refractivity contribution in [1.82, 2.24) is 10.6 Å². The molecule has 0 amide bonds. The summed E-state index contributed by atoms with van der Waals surface area (Å²) in [6, 6.07) is 7.35. The Hall–Kier alpha value is -1.10. The fourth-order valence-electron chi connectivity index (χ4n) is 2.08. The first kappa shape index (κ1) is 24.9. The molecule has 26 heavy (non-hydrogen) atoms. The number of ether oxygens (including phenoxy) is 3. The molecule has 8 heteroatoms. The molecule has 0 aliphatic carbocycles. The summed E-state index contributed by atoms with van der Waals surface area (Å²) in [5.41, 5.74) is 0.812. The second-order valence-corrected chi connectivity index (χ2v) is 5.39. The SMILES string of the molecule is CCNC(=NCC(O)c1ccc(OC)cc1)NCCCOCCOC.I. The third-order valence-electron chi connectivity index (χ3n) is 3.46. The normalized spacial score (nSPS) is 12.2. The van der Waals surface area contributed by atoms with Crippen molar-refractivity contribution in [2.75, 3.05) is 53.7 Å². The van der Waals surface area contributed by atoms with Crippen LogP contribution in [0, 0.1) is 0 Å². The van der Waals surface area contributed by atoms with E-state index in [4.69, 9.17) is 14.2 Å². The first-order chi connectivity index (χ1) is 12.2. The molecule has 0 bridgehead atoms. The van der Waals surface area contributed by atoms with Gasteiger partial charge in [0, 0.05) is 26.8 Å². The molecule has 0 aromatic heterocycles. The van der Waals surface area contributed by atoms with E-state index in [1.54, 1.807) is 14.2 Å². The zero-order chi connectivity index (χ0) is 18.3. The Bertz CT molecular complexity index is 486. The highest BCUT2D eigenvalue weighted by molar-refractivity contribution is 14.0. The maximum Gasteiger partial charge on any atom is 0.191 e. The van der Waals surface area contributed by atoms with Crippen molar-refractivity contribution < 1.29 is 19.3 Å². The summed E-state index contributed by atoms with van der Waals surface area (Å²) in [4.78, 5) is 4.43. The molecule has 0 saturated carbocycles. The summed E-state index contributed by atoms with van der Waals surface area (Å²) in [5.74, 6) is 1.45. The Morgan fingerprint density at radius 3 is 2.46 bits per heavy atom. The van der Waals surface area contributed by atoms with Crippen LogP contribution in [-0.2, 0) is 9.47 Å². The van der Waals surface area contributed by atoms with Gasteiger partial charge in [-0.15, -0.1) is 24.0 Å². The number of benzene rings is 1. The first-order valence-electron chi connectivity index (χ1n) is 8.62. The van der Waals surface area contributed by atoms with Crippen LogP contribution in [-0.4, -0.2) is 64.7 Å². The zero-order valence-electron chi connectivity index (χ0n) is 15.9. The minimum atomic E-state index is -0.654. The van der Waals surface area contributed by atoms with Crippen LogP contribution in [0.3, 0.4) is 0 Å². The summed E-state index contributed by atoms with van der Waals surface area (Å²) in [6.07, 6.45) is 0.216. The smallest absolute Gasteiger partial charge is 0.191 e. The second kappa shape index (κ2) is 16.1. The minimum Gasteiger partial charge on any atom is -0.497 e. The van der Waals surface area contributed by atoms with E-state index in [1.165, 1.54) is 0 Å². The largest absolute Gasteiger partial charge is 0.497 e. The molecule has 7 nitrogen and oxygen atoms in total. The van der Waals surface area contributed by atoms with Gasteiger partial charge in [0.05, 0.1) is 33.0 Å². The first-order valence-corrected chi connectivity index (χ1v) is 8.62. The van der Waals surface area contributed by atoms with Gasteiger partial charge >= 0.3 is 0 Å². The number of methoxy groups -OCH3 is 2. The number of aliphatic imine (C=N–C) groups is 1. The van der Waals surface area contributed by atoms with Crippen LogP contribution in [0.1, 0.15) is 25.0 Å². The summed E-state index contributed by atoms with van der Waals surface area (Å²) < 4.78 is 15.5. The van der Waals surface area contributed by atoms with Gasteiger partial charge in [-0.2, -0.15) is 0 Å².